The lowest BCUT2D eigenvalue weighted by molar-refractivity contribution is -0.129. The van der Waals surface area contributed by atoms with E-state index in [0.29, 0.717) is 17.1 Å². The molecule has 0 heterocycles. The number of nitrogens with one attached hydrogen (secondary N) is 1. The van der Waals surface area contributed by atoms with Crippen LogP contribution < -0.4 is 14.8 Å². The van der Waals surface area contributed by atoms with Crippen LogP contribution in [-0.2, 0) is 11.4 Å². The number of aliphatic hydroxyl groups is 1. The van der Waals surface area contributed by atoms with Gasteiger partial charge in [0, 0.05) is 5.56 Å². The largest absolute Gasteiger partial charge is 0.497 e. The number of methoxy groups -OCH3 is 1. The van der Waals surface area contributed by atoms with Crippen LogP contribution in [0.25, 0.3) is 0 Å². The van der Waals surface area contributed by atoms with Crippen molar-refractivity contribution in [3.05, 3.63) is 58.4 Å². The van der Waals surface area contributed by atoms with Crippen molar-refractivity contribution in [2.75, 3.05) is 7.11 Å². The maximum Gasteiger partial charge on any atom is 0.249 e. The van der Waals surface area contributed by atoms with Crippen molar-refractivity contribution in [2.45, 2.75) is 32.6 Å². The molecule has 26 heavy (non-hydrogen) atoms. The van der Waals surface area contributed by atoms with E-state index in [1.165, 1.54) is 13.8 Å². The van der Waals surface area contributed by atoms with E-state index in [0.717, 1.165) is 12.1 Å². The van der Waals surface area contributed by atoms with Crippen LogP contribution in [0.15, 0.2) is 36.4 Å². The fourth-order valence-electron chi connectivity index (χ4n) is 2.27. The molecule has 2 N–H and O–H groups in total. The molecular weight excluding hydrogens is 361 g/mol. The molecular formula is C19H21ClFNO4. The van der Waals surface area contributed by atoms with Gasteiger partial charge in [-0.15, -0.1) is 0 Å². The maximum atomic E-state index is 13.9. The second-order valence-electron chi connectivity index (χ2n) is 5.67. The standard InChI is InChI=1S/C19H21ClFNO4/c1-11(22-19(24)12(2)23)16-8-13(21)9-18(20)17(16)10-26-15-6-4-14(25-3)5-7-15/h4-9,11-12,23H,10H2,1-3H3,(H,22,24)/t11-,12-/m0/s1/i11D. The predicted octanol–water partition coefficient (Wildman–Crippen LogP) is 3.62. The summed E-state index contributed by atoms with van der Waals surface area (Å²) >= 11 is 6.17. The Morgan fingerprint density at radius 3 is 2.50 bits per heavy atom. The Kier molecular flexibility index (Phi) is 6.30. The van der Waals surface area contributed by atoms with Gasteiger partial charge in [-0.05, 0) is 55.8 Å². The van der Waals surface area contributed by atoms with E-state index < -0.39 is 23.8 Å². The molecule has 0 aromatic heterocycles. The maximum absolute atomic E-state index is 13.9. The molecule has 0 aliphatic rings. The molecule has 0 aliphatic heterocycles. The summed E-state index contributed by atoms with van der Waals surface area (Å²) in [6.45, 7) is 2.60. The van der Waals surface area contributed by atoms with Gasteiger partial charge in [-0.1, -0.05) is 11.6 Å². The first-order valence-electron chi connectivity index (χ1n) is 8.39. The van der Waals surface area contributed by atoms with Crippen molar-refractivity contribution >= 4 is 17.5 Å². The molecule has 2 atom stereocenters. The highest BCUT2D eigenvalue weighted by Crippen LogP contribution is 2.28. The van der Waals surface area contributed by atoms with Crippen LogP contribution in [0, 0.1) is 5.82 Å². The van der Waals surface area contributed by atoms with E-state index in [4.69, 9.17) is 22.4 Å². The first-order valence-corrected chi connectivity index (χ1v) is 8.27. The fourth-order valence-corrected chi connectivity index (χ4v) is 2.53. The minimum atomic E-state index is -1.72. The van der Waals surface area contributed by atoms with Gasteiger partial charge in [0.1, 0.15) is 30.0 Å². The Morgan fingerprint density at radius 1 is 1.31 bits per heavy atom. The zero-order valence-corrected chi connectivity index (χ0v) is 15.4. The van der Waals surface area contributed by atoms with Gasteiger partial charge < -0.3 is 19.9 Å². The van der Waals surface area contributed by atoms with Crippen molar-refractivity contribution in [1.29, 1.82) is 0 Å². The molecule has 0 radical (unpaired) electrons. The molecule has 0 saturated heterocycles. The number of carbonyl (C=O) groups excluding carboxylic acids is 1. The molecule has 0 fully saturated rings. The van der Waals surface area contributed by atoms with E-state index in [2.05, 4.69) is 5.32 Å². The molecule has 2 aromatic carbocycles. The van der Waals surface area contributed by atoms with E-state index in [-0.39, 0.29) is 17.2 Å². The lowest BCUT2D eigenvalue weighted by Gasteiger charge is -2.20. The van der Waals surface area contributed by atoms with Gasteiger partial charge >= 0.3 is 0 Å². The van der Waals surface area contributed by atoms with Crippen LogP contribution in [0.4, 0.5) is 4.39 Å². The van der Waals surface area contributed by atoms with Gasteiger partial charge in [-0.2, -0.15) is 0 Å². The van der Waals surface area contributed by atoms with E-state index in [1.54, 1.807) is 31.4 Å². The minimum Gasteiger partial charge on any atom is -0.497 e. The number of halogens is 2. The van der Waals surface area contributed by atoms with Crippen molar-refractivity contribution in [3.8, 4) is 11.5 Å². The normalized spacial score (nSPS) is 14.8. The van der Waals surface area contributed by atoms with Crippen LogP contribution in [0.5, 0.6) is 11.5 Å². The number of hydrogen-bond acceptors (Lipinski definition) is 4. The Bertz CT molecular complexity index is 812. The highest BCUT2D eigenvalue weighted by Gasteiger charge is 2.19. The molecule has 2 aromatic rings. The van der Waals surface area contributed by atoms with Crippen molar-refractivity contribution in [1.82, 2.24) is 5.32 Å². The summed E-state index contributed by atoms with van der Waals surface area (Å²) in [5, 5.41) is 11.8. The number of amides is 1. The molecule has 0 saturated carbocycles. The topological polar surface area (TPSA) is 67.8 Å². The second-order valence-corrected chi connectivity index (χ2v) is 6.08. The highest BCUT2D eigenvalue weighted by atomic mass is 35.5. The predicted molar refractivity (Wildman–Crippen MR) is 97.0 cm³/mol. The summed E-state index contributed by atoms with van der Waals surface area (Å²) in [6.07, 6.45) is -1.31. The average Bonchev–Trinajstić information content (AvgIpc) is 2.60. The zero-order chi connectivity index (χ0) is 20.2. The van der Waals surface area contributed by atoms with E-state index >= 15 is 0 Å². The number of carbonyl (C=O) groups is 1. The Morgan fingerprint density at radius 2 is 1.92 bits per heavy atom. The van der Waals surface area contributed by atoms with Crippen LogP contribution in [0.2, 0.25) is 5.02 Å². The molecule has 1 amide bonds. The first-order chi connectivity index (χ1) is 12.6. The van der Waals surface area contributed by atoms with Gasteiger partial charge in [0.15, 0.2) is 0 Å². The quantitative estimate of drug-likeness (QED) is 0.767. The number of ether oxygens (including phenoxy) is 2. The fraction of sp³-hybridized carbons (Fsp3) is 0.316. The third-order valence-corrected chi connectivity index (χ3v) is 4.03. The summed E-state index contributed by atoms with van der Waals surface area (Å²) in [5.41, 5.74) is 0.493. The third-order valence-electron chi connectivity index (χ3n) is 3.70. The second kappa shape index (κ2) is 8.87. The lowest BCUT2D eigenvalue weighted by Crippen LogP contribution is -2.34. The number of benzene rings is 2. The SMILES string of the molecule is [2H][C@@](C)(NC(=O)[C@H](C)O)c1cc(F)cc(Cl)c1COc1ccc(OC)cc1. The van der Waals surface area contributed by atoms with Gasteiger partial charge in [-0.3, -0.25) is 4.79 Å². The van der Waals surface area contributed by atoms with Crippen LogP contribution in [0.3, 0.4) is 0 Å². The first kappa shape index (κ1) is 18.5. The molecule has 7 heteroatoms. The lowest BCUT2D eigenvalue weighted by atomic mass is 10.0. The number of aliphatic hydroxyl groups excluding tert-OH is 1. The Hall–Kier alpha value is -2.31. The molecule has 0 bridgehead atoms. The summed E-state index contributed by atoms with van der Waals surface area (Å²) < 4.78 is 33.1. The molecule has 5 nitrogen and oxygen atoms in total. The summed E-state index contributed by atoms with van der Waals surface area (Å²) in [7, 11) is 1.55. The molecule has 0 aliphatic carbocycles. The average molecular weight is 383 g/mol. The van der Waals surface area contributed by atoms with Crippen LogP contribution in [0.1, 0.15) is 32.4 Å². The molecule has 0 unspecified atom stereocenters. The molecule has 2 rings (SSSR count). The van der Waals surface area contributed by atoms with Gasteiger partial charge in [0.05, 0.1) is 19.5 Å². The summed E-state index contributed by atoms with van der Waals surface area (Å²) in [4.78, 5) is 11.8. The Labute approximate surface area is 158 Å². The zero-order valence-electron chi connectivity index (χ0n) is 15.7. The molecule has 140 valence electrons. The van der Waals surface area contributed by atoms with Gasteiger partial charge in [0.25, 0.3) is 0 Å². The van der Waals surface area contributed by atoms with Crippen molar-refractivity contribution in [2.24, 2.45) is 0 Å². The van der Waals surface area contributed by atoms with Crippen molar-refractivity contribution < 1.29 is 25.1 Å². The van der Waals surface area contributed by atoms with Crippen LogP contribution >= 0.6 is 11.6 Å². The van der Waals surface area contributed by atoms with Gasteiger partial charge in [0.2, 0.25) is 5.91 Å². The summed E-state index contributed by atoms with van der Waals surface area (Å²) in [6, 6.07) is 7.35. The highest BCUT2D eigenvalue weighted by molar-refractivity contribution is 6.31. The van der Waals surface area contributed by atoms with Crippen LogP contribution in [-0.4, -0.2) is 24.2 Å². The van der Waals surface area contributed by atoms with E-state index in [9.17, 15) is 14.3 Å². The summed E-state index contributed by atoms with van der Waals surface area (Å²) in [5.74, 6) is -0.202. The number of hydrogen-bond donors (Lipinski definition) is 2. The Balaban J connectivity index is 2.30. The smallest absolute Gasteiger partial charge is 0.249 e. The van der Waals surface area contributed by atoms with Crippen molar-refractivity contribution in [3.63, 3.8) is 0 Å². The minimum absolute atomic E-state index is 0.0419. The van der Waals surface area contributed by atoms with E-state index in [1.807, 2.05) is 0 Å². The van der Waals surface area contributed by atoms with Gasteiger partial charge in [-0.25, -0.2) is 4.39 Å². The number of rotatable bonds is 7. The third kappa shape index (κ3) is 5.09. The molecule has 0 spiro atoms. The monoisotopic (exact) mass is 382 g/mol.